The number of hydrogen-bond donors (Lipinski definition) is 3. The van der Waals surface area contributed by atoms with Gasteiger partial charge in [-0.05, 0) is 42.9 Å². The topological polar surface area (TPSA) is 87.7 Å². The van der Waals surface area contributed by atoms with E-state index in [2.05, 4.69) is 10.6 Å². The summed E-state index contributed by atoms with van der Waals surface area (Å²) in [6.07, 6.45) is 2.96. The highest BCUT2D eigenvalue weighted by Crippen LogP contribution is 2.30. The Morgan fingerprint density at radius 2 is 1.74 bits per heavy atom. The largest absolute Gasteiger partial charge is 0.464 e. The van der Waals surface area contributed by atoms with Gasteiger partial charge in [0.25, 0.3) is 0 Å². The molecule has 0 radical (unpaired) electrons. The molecule has 1 saturated carbocycles. The Kier molecular flexibility index (Phi) is 9.37. The van der Waals surface area contributed by atoms with Gasteiger partial charge in [0, 0.05) is 19.5 Å². The maximum Gasteiger partial charge on any atom is 0.326 e. The summed E-state index contributed by atoms with van der Waals surface area (Å²) >= 11 is 0. The number of nitrogens with one attached hydrogen (secondary N) is 2. The Bertz CT molecular complexity index is 731. The van der Waals surface area contributed by atoms with E-state index in [0.29, 0.717) is 25.0 Å². The second kappa shape index (κ2) is 11.5. The molecule has 1 aromatic carbocycles. The molecule has 1 aliphatic rings. The monoisotopic (exact) mass is 440 g/mol. The van der Waals surface area contributed by atoms with Gasteiger partial charge in [0.05, 0.1) is 18.8 Å². The fourth-order valence-corrected chi connectivity index (χ4v) is 3.96. The molecule has 2 atom stereocenters. The lowest BCUT2D eigenvalue weighted by atomic mass is 9.81. The molecule has 1 amide bonds. The van der Waals surface area contributed by atoms with Crippen LogP contribution in [-0.4, -0.2) is 47.8 Å². The number of β-amino-alcohol motifs (C(OH)–C–C–N with tert-alkyl or cyclic N) is 1. The molecule has 0 bridgehead atoms. The molecule has 3 N–H and O–H groups in total. The standard InChI is InChI=1S/C23H34F2N2O4/c1-15(2)14-31-22(30)23(7-5-4-6-8-23)26-13-21(29)20(27-16(3)28)11-17-9-18(24)12-19(25)10-17/h9-10,12,15,20-21,26,29H,4-8,11,13-14H2,1-3H3,(H,27,28)/t20-,21+/m0/s1. The number of halogens is 2. The number of aliphatic hydroxyl groups is 1. The van der Waals surface area contributed by atoms with Crippen LogP contribution in [0.5, 0.6) is 0 Å². The summed E-state index contributed by atoms with van der Waals surface area (Å²) in [7, 11) is 0. The van der Waals surface area contributed by atoms with Gasteiger partial charge in [-0.2, -0.15) is 0 Å². The van der Waals surface area contributed by atoms with Crippen molar-refractivity contribution < 1.29 is 28.2 Å². The Labute approximate surface area is 182 Å². The lowest BCUT2D eigenvalue weighted by Gasteiger charge is -2.37. The number of amides is 1. The van der Waals surface area contributed by atoms with E-state index in [0.717, 1.165) is 25.3 Å². The molecule has 2 rings (SSSR count). The van der Waals surface area contributed by atoms with Crippen molar-refractivity contribution in [1.82, 2.24) is 10.6 Å². The molecule has 1 aliphatic carbocycles. The number of carbonyl (C=O) groups is 2. The summed E-state index contributed by atoms with van der Waals surface area (Å²) in [5, 5.41) is 16.6. The first-order valence-corrected chi connectivity index (χ1v) is 10.9. The van der Waals surface area contributed by atoms with Crippen LogP contribution in [0, 0.1) is 17.6 Å². The van der Waals surface area contributed by atoms with Crippen LogP contribution in [-0.2, 0) is 20.7 Å². The molecule has 31 heavy (non-hydrogen) atoms. The molecule has 0 heterocycles. The van der Waals surface area contributed by atoms with E-state index in [1.165, 1.54) is 19.1 Å². The number of ether oxygens (including phenoxy) is 1. The summed E-state index contributed by atoms with van der Waals surface area (Å²) < 4.78 is 32.6. The van der Waals surface area contributed by atoms with Crippen molar-refractivity contribution in [2.45, 2.75) is 77.0 Å². The minimum absolute atomic E-state index is 0.0273. The number of hydrogen-bond acceptors (Lipinski definition) is 5. The Hall–Kier alpha value is -2.06. The van der Waals surface area contributed by atoms with Crippen molar-refractivity contribution in [3.63, 3.8) is 0 Å². The molecule has 1 aromatic rings. The van der Waals surface area contributed by atoms with Crippen LogP contribution >= 0.6 is 0 Å². The lowest BCUT2D eigenvalue weighted by Crippen LogP contribution is -2.58. The summed E-state index contributed by atoms with van der Waals surface area (Å²) in [6.45, 7) is 5.59. The van der Waals surface area contributed by atoms with Crippen LogP contribution in [0.3, 0.4) is 0 Å². The van der Waals surface area contributed by atoms with E-state index in [9.17, 15) is 23.5 Å². The van der Waals surface area contributed by atoms with E-state index < -0.39 is 29.3 Å². The van der Waals surface area contributed by atoms with Crippen molar-refractivity contribution in [2.75, 3.05) is 13.2 Å². The number of carbonyl (C=O) groups excluding carboxylic acids is 2. The summed E-state index contributed by atoms with van der Waals surface area (Å²) in [4.78, 5) is 24.5. The predicted molar refractivity (Wildman–Crippen MR) is 113 cm³/mol. The second-order valence-electron chi connectivity index (χ2n) is 8.87. The van der Waals surface area contributed by atoms with Gasteiger partial charge in [-0.25, -0.2) is 8.78 Å². The molecule has 174 valence electrons. The predicted octanol–water partition coefficient (Wildman–Crippen LogP) is 2.86. The average molecular weight is 441 g/mol. The number of esters is 1. The first-order chi connectivity index (χ1) is 14.6. The van der Waals surface area contributed by atoms with Gasteiger partial charge < -0.3 is 15.2 Å². The van der Waals surface area contributed by atoms with E-state index in [1.807, 2.05) is 13.8 Å². The maximum absolute atomic E-state index is 13.5. The molecule has 0 spiro atoms. The Morgan fingerprint density at radius 1 is 1.13 bits per heavy atom. The molecular formula is C23H34F2N2O4. The molecule has 0 aliphatic heterocycles. The van der Waals surface area contributed by atoms with E-state index in [4.69, 9.17) is 4.74 Å². The maximum atomic E-state index is 13.5. The lowest BCUT2D eigenvalue weighted by molar-refractivity contribution is -0.154. The van der Waals surface area contributed by atoms with Gasteiger partial charge in [0.2, 0.25) is 5.91 Å². The third-order valence-electron chi connectivity index (χ3n) is 5.53. The van der Waals surface area contributed by atoms with Crippen molar-refractivity contribution in [2.24, 2.45) is 5.92 Å². The van der Waals surface area contributed by atoms with Gasteiger partial charge in [0.1, 0.15) is 17.2 Å². The highest BCUT2D eigenvalue weighted by molar-refractivity contribution is 5.81. The van der Waals surface area contributed by atoms with Gasteiger partial charge in [0.15, 0.2) is 0 Å². The van der Waals surface area contributed by atoms with Gasteiger partial charge in [-0.1, -0.05) is 33.1 Å². The first kappa shape index (κ1) is 25.2. The van der Waals surface area contributed by atoms with Crippen molar-refractivity contribution in [3.05, 3.63) is 35.4 Å². The Balaban J connectivity index is 2.09. The smallest absolute Gasteiger partial charge is 0.326 e. The second-order valence-corrected chi connectivity index (χ2v) is 8.87. The highest BCUT2D eigenvalue weighted by Gasteiger charge is 2.41. The van der Waals surface area contributed by atoms with Crippen LogP contribution in [0.4, 0.5) is 8.78 Å². The number of aliphatic hydroxyl groups excluding tert-OH is 1. The third kappa shape index (κ3) is 7.85. The van der Waals surface area contributed by atoms with Crippen molar-refractivity contribution in [1.29, 1.82) is 0 Å². The molecule has 0 aromatic heterocycles. The van der Waals surface area contributed by atoms with Gasteiger partial charge in [-0.15, -0.1) is 0 Å². The molecular weight excluding hydrogens is 406 g/mol. The minimum atomic E-state index is -1.08. The minimum Gasteiger partial charge on any atom is -0.464 e. The number of rotatable bonds is 10. The first-order valence-electron chi connectivity index (χ1n) is 10.9. The van der Waals surface area contributed by atoms with E-state index in [-0.39, 0.29) is 30.8 Å². The quantitative estimate of drug-likeness (QED) is 0.487. The van der Waals surface area contributed by atoms with Gasteiger partial charge >= 0.3 is 5.97 Å². The van der Waals surface area contributed by atoms with Crippen molar-refractivity contribution in [3.8, 4) is 0 Å². The van der Waals surface area contributed by atoms with Crippen LogP contribution in [0.2, 0.25) is 0 Å². The fourth-order valence-electron chi connectivity index (χ4n) is 3.96. The molecule has 6 nitrogen and oxygen atoms in total. The third-order valence-corrected chi connectivity index (χ3v) is 5.53. The molecule has 0 saturated heterocycles. The zero-order chi connectivity index (χ0) is 23.0. The number of benzene rings is 1. The summed E-state index contributed by atoms with van der Waals surface area (Å²) in [5.74, 6) is -1.93. The zero-order valence-electron chi connectivity index (χ0n) is 18.5. The van der Waals surface area contributed by atoms with E-state index >= 15 is 0 Å². The van der Waals surface area contributed by atoms with Crippen LogP contribution < -0.4 is 10.6 Å². The fraction of sp³-hybridized carbons (Fsp3) is 0.652. The average Bonchev–Trinajstić information content (AvgIpc) is 2.69. The SMILES string of the molecule is CC(=O)N[C@@H](Cc1cc(F)cc(F)c1)[C@H](O)CNC1(C(=O)OCC(C)C)CCCCC1. The normalized spacial score (nSPS) is 17.8. The Morgan fingerprint density at radius 3 is 2.29 bits per heavy atom. The molecule has 0 unspecified atom stereocenters. The van der Waals surface area contributed by atoms with Crippen LogP contribution in [0.25, 0.3) is 0 Å². The van der Waals surface area contributed by atoms with Crippen LogP contribution in [0.15, 0.2) is 18.2 Å². The van der Waals surface area contributed by atoms with Gasteiger partial charge in [-0.3, -0.25) is 14.9 Å². The molecule has 1 fully saturated rings. The zero-order valence-corrected chi connectivity index (χ0v) is 18.5. The molecule has 8 heteroatoms. The van der Waals surface area contributed by atoms with Crippen LogP contribution in [0.1, 0.15) is 58.4 Å². The summed E-state index contributed by atoms with van der Waals surface area (Å²) in [6, 6.07) is 2.33. The highest BCUT2D eigenvalue weighted by atomic mass is 19.1. The van der Waals surface area contributed by atoms with Crippen molar-refractivity contribution >= 4 is 11.9 Å². The summed E-state index contributed by atoms with van der Waals surface area (Å²) in [5.41, 5.74) is -0.557. The van der Waals surface area contributed by atoms with E-state index in [1.54, 1.807) is 0 Å².